The van der Waals surface area contributed by atoms with Gasteiger partial charge in [0.05, 0.1) is 17.9 Å². The van der Waals surface area contributed by atoms with E-state index in [-0.39, 0.29) is 11.9 Å². The highest BCUT2D eigenvalue weighted by molar-refractivity contribution is 5.91. The average molecular weight is 362 g/mol. The van der Waals surface area contributed by atoms with Gasteiger partial charge in [-0.3, -0.25) is 9.69 Å². The van der Waals surface area contributed by atoms with Crippen LogP contribution < -0.4 is 5.32 Å². The fourth-order valence-electron chi connectivity index (χ4n) is 3.11. The van der Waals surface area contributed by atoms with Gasteiger partial charge in [-0.2, -0.15) is 5.10 Å². The molecule has 0 saturated carbocycles. The topological polar surface area (TPSA) is 50.2 Å². The first-order valence-corrected chi connectivity index (χ1v) is 9.13. The molecule has 1 amide bonds. The maximum Gasteiger partial charge on any atom is 0.239 e. The van der Waals surface area contributed by atoms with E-state index in [1.54, 1.807) is 4.68 Å². The molecule has 5 heteroatoms. The van der Waals surface area contributed by atoms with Crippen LogP contribution in [0.3, 0.4) is 0 Å². The van der Waals surface area contributed by atoms with E-state index in [4.69, 9.17) is 0 Å². The maximum absolute atomic E-state index is 12.6. The molecular formula is C22H26N4O. The molecule has 1 heterocycles. The summed E-state index contributed by atoms with van der Waals surface area (Å²) in [4.78, 5) is 14.7. The van der Waals surface area contributed by atoms with Gasteiger partial charge in [0.25, 0.3) is 0 Å². The second kappa shape index (κ2) is 8.18. The van der Waals surface area contributed by atoms with Crippen molar-refractivity contribution in [2.75, 3.05) is 18.9 Å². The summed E-state index contributed by atoms with van der Waals surface area (Å²) in [5.41, 5.74) is 4.12. The molecule has 0 fully saturated rings. The summed E-state index contributed by atoms with van der Waals surface area (Å²) >= 11 is 0. The molecule has 1 unspecified atom stereocenters. The molecule has 3 rings (SSSR count). The van der Waals surface area contributed by atoms with E-state index in [0.717, 1.165) is 16.9 Å². The normalized spacial score (nSPS) is 12.2. The fourth-order valence-corrected chi connectivity index (χ4v) is 3.11. The third-order valence-corrected chi connectivity index (χ3v) is 4.78. The van der Waals surface area contributed by atoms with Gasteiger partial charge in [-0.1, -0.05) is 48.5 Å². The number of hydrogen-bond acceptors (Lipinski definition) is 3. The SMILES string of the molecule is Cc1cc(NC(=O)CN(C)C(C)c2ccccc2)n(-c2ccccc2C)n1. The number of para-hydroxylation sites is 1. The third kappa shape index (κ3) is 4.44. The lowest BCUT2D eigenvalue weighted by Crippen LogP contribution is -2.32. The average Bonchev–Trinajstić information content (AvgIpc) is 3.01. The Morgan fingerprint density at radius 1 is 1.11 bits per heavy atom. The van der Waals surface area contributed by atoms with Crippen LogP contribution in [-0.2, 0) is 4.79 Å². The molecule has 0 bridgehead atoms. The van der Waals surface area contributed by atoms with Gasteiger partial charge >= 0.3 is 0 Å². The zero-order chi connectivity index (χ0) is 19.4. The predicted molar refractivity (Wildman–Crippen MR) is 109 cm³/mol. The number of rotatable bonds is 6. The summed E-state index contributed by atoms with van der Waals surface area (Å²) < 4.78 is 1.79. The number of likely N-dealkylation sites (N-methyl/N-ethyl adjacent to an activating group) is 1. The maximum atomic E-state index is 12.6. The molecule has 2 aromatic carbocycles. The zero-order valence-electron chi connectivity index (χ0n) is 16.3. The smallest absolute Gasteiger partial charge is 0.239 e. The predicted octanol–water partition coefficient (Wildman–Crippen LogP) is 4.12. The van der Waals surface area contributed by atoms with Gasteiger partial charge in [0.1, 0.15) is 5.82 Å². The summed E-state index contributed by atoms with van der Waals surface area (Å²) in [6, 6.07) is 20.2. The standard InChI is InChI=1S/C22H26N4O/c1-16-10-8-9-13-20(16)26-21(14-17(2)24-26)23-22(27)15-25(4)18(3)19-11-6-5-7-12-19/h5-14,18H,15H2,1-4H3,(H,23,27). The van der Waals surface area contributed by atoms with Crippen molar-refractivity contribution in [1.29, 1.82) is 0 Å². The van der Waals surface area contributed by atoms with Gasteiger partial charge in [0, 0.05) is 12.1 Å². The molecule has 5 nitrogen and oxygen atoms in total. The molecule has 3 aromatic rings. The molecule has 1 N–H and O–H groups in total. The number of aromatic nitrogens is 2. The number of nitrogens with zero attached hydrogens (tertiary/aromatic N) is 3. The molecule has 27 heavy (non-hydrogen) atoms. The van der Waals surface area contributed by atoms with Crippen LogP contribution in [-0.4, -0.2) is 34.2 Å². The third-order valence-electron chi connectivity index (χ3n) is 4.78. The van der Waals surface area contributed by atoms with Crippen LogP contribution in [0.5, 0.6) is 0 Å². The summed E-state index contributed by atoms with van der Waals surface area (Å²) in [5, 5.41) is 7.56. The number of nitrogens with one attached hydrogen (secondary N) is 1. The van der Waals surface area contributed by atoms with Gasteiger partial charge in [-0.15, -0.1) is 0 Å². The van der Waals surface area contributed by atoms with E-state index in [1.165, 1.54) is 5.56 Å². The summed E-state index contributed by atoms with van der Waals surface area (Å²) in [6.07, 6.45) is 0. The number of benzene rings is 2. The zero-order valence-corrected chi connectivity index (χ0v) is 16.3. The Labute approximate surface area is 160 Å². The highest BCUT2D eigenvalue weighted by Crippen LogP contribution is 2.21. The molecule has 1 atom stereocenters. The molecule has 0 radical (unpaired) electrons. The van der Waals surface area contributed by atoms with Crippen molar-refractivity contribution in [3.63, 3.8) is 0 Å². The number of carbonyl (C=O) groups excluding carboxylic acids is 1. The first-order chi connectivity index (χ1) is 13.0. The van der Waals surface area contributed by atoms with Crippen molar-refractivity contribution in [3.8, 4) is 5.69 Å². The lowest BCUT2D eigenvalue weighted by Gasteiger charge is -2.24. The first kappa shape index (κ1) is 18.9. The minimum atomic E-state index is -0.0602. The van der Waals surface area contributed by atoms with Gasteiger partial charge < -0.3 is 5.32 Å². The van der Waals surface area contributed by atoms with E-state index in [9.17, 15) is 4.79 Å². The van der Waals surface area contributed by atoms with Gasteiger partial charge in [0.15, 0.2) is 0 Å². The lowest BCUT2D eigenvalue weighted by molar-refractivity contribution is -0.117. The largest absolute Gasteiger partial charge is 0.309 e. The van der Waals surface area contributed by atoms with Crippen molar-refractivity contribution in [2.24, 2.45) is 0 Å². The summed E-state index contributed by atoms with van der Waals surface area (Å²) in [6.45, 7) is 6.36. The number of anilines is 1. The van der Waals surface area contributed by atoms with Crippen LogP contribution in [0.1, 0.15) is 29.8 Å². The molecule has 1 aromatic heterocycles. The molecule has 140 valence electrons. The van der Waals surface area contributed by atoms with Gasteiger partial charge in [-0.05, 0) is 45.0 Å². The minimum absolute atomic E-state index is 0.0602. The Balaban J connectivity index is 1.73. The van der Waals surface area contributed by atoms with Crippen LogP contribution in [0.2, 0.25) is 0 Å². The van der Waals surface area contributed by atoms with Crippen molar-refractivity contribution >= 4 is 11.7 Å². The quantitative estimate of drug-likeness (QED) is 0.718. The van der Waals surface area contributed by atoms with E-state index >= 15 is 0 Å². The Hall–Kier alpha value is -2.92. The summed E-state index contributed by atoms with van der Waals surface area (Å²) in [5.74, 6) is 0.627. The van der Waals surface area contributed by atoms with Crippen LogP contribution >= 0.6 is 0 Å². The van der Waals surface area contributed by atoms with Crippen LogP contribution in [0.25, 0.3) is 5.69 Å². The molecule has 0 spiro atoms. The van der Waals surface area contributed by atoms with E-state index in [1.807, 2.05) is 74.3 Å². The van der Waals surface area contributed by atoms with Crippen molar-refractivity contribution in [3.05, 3.63) is 77.5 Å². The molecule has 0 aliphatic carbocycles. The highest BCUT2D eigenvalue weighted by atomic mass is 16.2. The second-order valence-electron chi connectivity index (χ2n) is 6.92. The lowest BCUT2D eigenvalue weighted by atomic mass is 10.1. The number of amides is 1. The monoisotopic (exact) mass is 362 g/mol. The highest BCUT2D eigenvalue weighted by Gasteiger charge is 2.17. The number of carbonyl (C=O) groups is 1. The van der Waals surface area contributed by atoms with E-state index in [2.05, 4.69) is 29.5 Å². The molecule has 0 aliphatic heterocycles. The molecule has 0 saturated heterocycles. The van der Waals surface area contributed by atoms with Crippen LogP contribution in [0.4, 0.5) is 5.82 Å². The van der Waals surface area contributed by atoms with Crippen molar-refractivity contribution < 1.29 is 4.79 Å². The Bertz CT molecular complexity index is 917. The van der Waals surface area contributed by atoms with E-state index < -0.39 is 0 Å². The van der Waals surface area contributed by atoms with Crippen molar-refractivity contribution in [2.45, 2.75) is 26.8 Å². The van der Waals surface area contributed by atoms with Crippen LogP contribution in [0.15, 0.2) is 60.7 Å². The Morgan fingerprint density at radius 3 is 2.48 bits per heavy atom. The summed E-state index contributed by atoms with van der Waals surface area (Å²) in [7, 11) is 1.96. The number of aryl methyl sites for hydroxylation is 2. The second-order valence-corrected chi connectivity index (χ2v) is 6.92. The minimum Gasteiger partial charge on any atom is -0.309 e. The Morgan fingerprint density at radius 2 is 1.78 bits per heavy atom. The van der Waals surface area contributed by atoms with Gasteiger partial charge in [-0.25, -0.2) is 4.68 Å². The van der Waals surface area contributed by atoms with E-state index in [0.29, 0.717) is 12.4 Å². The number of hydrogen-bond donors (Lipinski definition) is 1. The molecular weight excluding hydrogens is 336 g/mol. The fraction of sp³-hybridized carbons (Fsp3) is 0.273. The van der Waals surface area contributed by atoms with Gasteiger partial charge in [0.2, 0.25) is 5.91 Å². The van der Waals surface area contributed by atoms with Crippen LogP contribution in [0, 0.1) is 13.8 Å². The first-order valence-electron chi connectivity index (χ1n) is 9.13. The molecule has 0 aliphatic rings. The van der Waals surface area contributed by atoms with Crippen molar-refractivity contribution in [1.82, 2.24) is 14.7 Å². The Kier molecular flexibility index (Phi) is 5.72.